The Bertz CT molecular complexity index is 2290. The molecule has 10 N–H and O–H groups in total. The number of hydrogen-bond donors (Lipinski definition) is 8. The van der Waals surface area contributed by atoms with Gasteiger partial charge in [-0.25, -0.2) is 18.4 Å². The Morgan fingerprint density at radius 1 is 0.867 bits per heavy atom. The van der Waals surface area contributed by atoms with Gasteiger partial charge in [-0.05, 0) is 74.8 Å². The fraction of sp³-hybridized carbons (Fsp3) is 0.429. The van der Waals surface area contributed by atoms with Crippen LogP contribution in [0.1, 0.15) is 84.9 Å². The maximum Gasteiger partial charge on any atom is 0.336 e. The molecule has 4 aliphatic rings. The van der Waals surface area contributed by atoms with Crippen molar-refractivity contribution in [1.82, 2.24) is 26.6 Å². The summed E-state index contributed by atoms with van der Waals surface area (Å²) >= 11 is 1.87. The third kappa shape index (κ3) is 10.7. The van der Waals surface area contributed by atoms with Crippen LogP contribution in [0.3, 0.4) is 0 Å². The number of hydrogen-bond acceptors (Lipinski definition) is 9. The molecule has 5 amide bonds. The molecular formula is C42H49F2N6O9S+. The molecule has 2 aromatic carbocycles. The van der Waals surface area contributed by atoms with E-state index in [1.165, 1.54) is 12.1 Å². The molecule has 3 heterocycles. The zero-order valence-corrected chi connectivity index (χ0v) is 33.7. The van der Waals surface area contributed by atoms with Crippen molar-refractivity contribution in [2.45, 2.75) is 87.6 Å². The number of carbonyl (C=O) groups is 5. The number of urea groups is 1. The number of quaternary nitrogens is 1. The Balaban J connectivity index is 0.875. The topological polar surface area (TPSA) is 244 Å². The highest BCUT2D eigenvalue weighted by atomic mass is 32.2. The molecule has 1 unspecified atom stereocenters. The Hall–Kier alpha value is -5.75. The summed E-state index contributed by atoms with van der Waals surface area (Å²) in [5, 5.41) is 35.0. The quantitative estimate of drug-likeness (QED) is 0.0362. The largest absolute Gasteiger partial charge is 0.505 e. The highest BCUT2D eigenvalue weighted by Crippen LogP contribution is 2.43. The first-order chi connectivity index (χ1) is 28.8. The van der Waals surface area contributed by atoms with Crippen molar-refractivity contribution in [3.05, 3.63) is 75.4 Å². The molecule has 4 atom stereocenters. The monoisotopic (exact) mass is 851 g/mol. The summed E-state index contributed by atoms with van der Waals surface area (Å²) in [4.78, 5) is 73.8. The van der Waals surface area contributed by atoms with E-state index in [0.717, 1.165) is 68.2 Å². The lowest BCUT2D eigenvalue weighted by atomic mass is 9.89. The third-order valence-electron chi connectivity index (χ3n) is 10.8. The summed E-state index contributed by atoms with van der Waals surface area (Å²) in [6.45, 7) is 1.25. The molecule has 0 aromatic heterocycles. The molecule has 1 aliphatic carbocycles. The number of carbonyl (C=O) groups excluding carboxylic acids is 4. The zero-order chi connectivity index (χ0) is 42.9. The number of benzene rings is 3. The maximum absolute atomic E-state index is 14.5. The third-order valence-corrected chi connectivity index (χ3v) is 12.3. The Morgan fingerprint density at radius 2 is 1.62 bits per heavy atom. The van der Waals surface area contributed by atoms with E-state index < -0.39 is 40.7 Å². The molecule has 2 saturated heterocycles. The first-order valence-electron chi connectivity index (χ1n) is 20.1. The number of thioether (sulfide) groups is 1. The molecule has 15 nitrogen and oxygen atoms in total. The van der Waals surface area contributed by atoms with Gasteiger partial charge in [-0.2, -0.15) is 11.8 Å². The van der Waals surface area contributed by atoms with Gasteiger partial charge in [0.2, 0.25) is 11.3 Å². The number of carboxylic acids is 1. The number of aromatic hydroxyl groups is 1. The number of phenols is 1. The van der Waals surface area contributed by atoms with Gasteiger partial charge in [0, 0.05) is 77.7 Å². The number of fused-ring (bicyclic) bond motifs is 3. The average Bonchev–Trinajstić information content (AvgIpc) is 3.77. The van der Waals surface area contributed by atoms with Crippen LogP contribution in [0.25, 0.3) is 33.4 Å². The van der Waals surface area contributed by atoms with Crippen molar-refractivity contribution in [1.29, 1.82) is 0 Å². The normalized spacial score (nSPS) is 17.5. The molecule has 0 saturated carbocycles. The summed E-state index contributed by atoms with van der Waals surface area (Å²) in [5.41, 5.74) is 2.59. The van der Waals surface area contributed by atoms with Crippen molar-refractivity contribution < 1.29 is 53.1 Å². The van der Waals surface area contributed by atoms with Crippen LogP contribution in [0.15, 0.2) is 51.7 Å². The van der Waals surface area contributed by atoms with Crippen molar-refractivity contribution in [3.8, 4) is 28.2 Å². The zero-order valence-electron chi connectivity index (χ0n) is 32.9. The minimum Gasteiger partial charge on any atom is -0.505 e. The summed E-state index contributed by atoms with van der Waals surface area (Å²) in [7, 11) is 0. The predicted octanol–water partition coefficient (Wildman–Crippen LogP) is 3.89. The van der Waals surface area contributed by atoms with Gasteiger partial charge in [-0.15, -0.1) is 0 Å². The molecule has 60 heavy (non-hydrogen) atoms. The second-order valence-electron chi connectivity index (χ2n) is 15.1. The number of nitrogens with one attached hydrogen (secondary N) is 5. The van der Waals surface area contributed by atoms with Crippen molar-refractivity contribution in [2.24, 2.45) is 0 Å². The Morgan fingerprint density at radius 3 is 2.40 bits per heavy atom. The molecule has 0 radical (unpaired) electrons. The van der Waals surface area contributed by atoms with E-state index in [0.29, 0.717) is 50.4 Å². The molecule has 2 fully saturated rings. The van der Waals surface area contributed by atoms with E-state index in [1.54, 1.807) is 0 Å². The van der Waals surface area contributed by atoms with Crippen LogP contribution in [-0.2, 0) is 9.59 Å². The van der Waals surface area contributed by atoms with Crippen LogP contribution in [-0.4, -0.2) is 88.7 Å². The van der Waals surface area contributed by atoms with Crippen LogP contribution < -0.4 is 37.7 Å². The van der Waals surface area contributed by atoms with Crippen molar-refractivity contribution in [2.75, 3.05) is 25.4 Å². The predicted molar refractivity (Wildman–Crippen MR) is 220 cm³/mol. The number of rotatable bonds is 20. The van der Waals surface area contributed by atoms with Crippen LogP contribution in [0.2, 0.25) is 0 Å². The van der Waals surface area contributed by atoms with Gasteiger partial charge in [0.05, 0.1) is 17.6 Å². The molecule has 0 bridgehead atoms. The summed E-state index contributed by atoms with van der Waals surface area (Å²) in [5.74, 6) is -4.23. The van der Waals surface area contributed by atoms with Crippen LogP contribution in [0, 0.1) is 11.6 Å². The summed E-state index contributed by atoms with van der Waals surface area (Å²) in [6.07, 6.45) is 7.14. The van der Waals surface area contributed by atoms with Crippen LogP contribution >= 0.6 is 11.8 Å². The van der Waals surface area contributed by atoms with E-state index in [2.05, 4.69) is 32.3 Å². The van der Waals surface area contributed by atoms with Crippen LogP contribution in [0.4, 0.5) is 13.6 Å². The van der Waals surface area contributed by atoms with Gasteiger partial charge >= 0.3 is 12.0 Å². The lowest BCUT2D eigenvalue weighted by molar-refractivity contribution is -0.405. The molecule has 3 aliphatic heterocycles. The second kappa shape index (κ2) is 20.0. The number of carboxylic acid groups (broad SMARTS) is 1. The molecule has 18 heteroatoms. The molecule has 320 valence electrons. The van der Waals surface area contributed by atoms with Gasteiger partial charge in [0.25, 0.3) is 11.8 Å². The standard InChI is InChI=1S/C42H48F2N6O9S/c43-27-17-25-33(19-31(27)51)59-34-20-32(52)28(44)18-26(34)37(25)23-12-11-22(16-24(23)41(56)57)39(54)47-14-5-1-6-15-48-40(55)29(45)8-4-7-13-46-36(53)10-3-2-9-35-38-30(21-60-35)49-42(58)50-38/h11-12,16-20,29-30,35,38,51H,1-10,13-15,21,45H2,(H,46,53)(H,47,54)(H,48,55)(H,56,57)(H2,49,50,58)/p+1/t29?,30-,35-,38-/m0/s1. The van der Waals surface area contributed by atoms with E-state index in [9.17, 15) is 47.8 Å². The van der Waals surface area contributed by atoms with Crippen molar-refractivity contribution in [3.63, 3.8) is 0 Å². The summed E-state index contributed by atoms with van der Waals surface area (Å²) in [6, 6.07) is 7.35. The smallest absolute Gasteiger partial charge is 0.336 e. The van der Waals surface area contributed by atoms with Crippen LogP contribution in [0.5, 0.6) is 5.75 Å². The molecule has 2 aromatic rings. The number of amides is 5. The number of phenolic OH excluding ortho intramolecular Hbond substituents is 1. The molecule has 0 spiro atoms. The fourth-order valence-corrected chi connectivity index (χ4v) is 9.14. The SMILES string of the molecule is [NH3+]C(CCCCNC(=O)CCCC[C@@H]1SC[C@@H]2NC(=O)N[C@@H]21)C(=O)NCCCCCNC(=O)c1ccc(-c2c3cc(F)c(=O)cc-3oc3cc(O)c(F)cc23)c(C(=O)O)c1. The fourth-order valence-electron chi connectivity index (χ4n) is 7.59. The number of aromatic carboxylic acids is 1. The minimum atomic E-state index is -1.42. The summed E-state index contributed by atoms with van der Waals surface area (Å²) < 4.78 is 34.7. The Kier molecular flexibility index (Phi) is 14.6. The highest BCUT2D eigenvalue weighted by molar-refractivity contribution is 8.00. The van der Waals surface area contributed by atoms with Gasteiger partial charge in [0.15, 0.2) is 23.4 Å². The highest BCUT2D eigenvalue weighted by Gasteiger charge is 2.42. The van der Waals surface area contributed by atoms with Gasteiger partial charge in [0.1, 0.15) is 11.3 Å². The lowest BCUT2D eigenvalue weighted by Crippen LogP contribution is -2.67. The van der Waals surface area contributed by atoms with Gasteiger partial charge < -0.3 is 46.9 Å². The van der Waals surface area contributed by atoms with Gasteiger partial charge in [-0.1, -0.05) is 12.5 Å². The Labute approximate surface area is 347 Å². The maximum atomic E-state index is 14.5. The lowest BCUT2D eigenvalue weighted by Gasteiger charge is -2.17. The number of unbranched alkanes of at least 4 members (excludes halogenated alkanes) is 4. The van der Waals surface area contributed by atoms with E-state index in [1.807, 2.05) is 11.8 Å². The minimum absolute atomic E-state index is 0.000792. The molecular weight excluding hydrogens is 803 g/mol. The second-order valence-corrected chi connectivity index (χ2v) is 16.4. The van der Waals surface area contributed by atoms with Gasteiger partial charge in [-0.3, -0.25) is 19.2 Å². The number of halogens is 2. The molecule has 6 rings (SSSR count). The average molecular weight is 852 g/mol. The van der Waals surface area contributed by atoms with E-state index in [-0.39, 0.29) is 81.0 Å². The first kappa shape index (κ1) is 43.8. The van der Waals surface area contributed by atoms with E-state index in [4.69, 9.17) is 4.42 Å². The van der Waals surface area contributed by atoms with E-state index >= 15 is 0 Å². The first-order valence-corrected chi connectivity index (χ1v) is 21.2. The van der Waals surface area contributed by atoms with Crippen molar-refractivity contribution >= 4 is 52.5 Å².